The number of fused-ring (bicyclic) bond motifs is 2. The Morgan fingerprint density at radius 2 is 1.83 bits per heavy atom. The SMILES string of the molecule is OC1(CF)C2CCC(C2)C1(F)F. The van der Waals surface area contributed by atoms with Crippen LogP contribution in [-0.4, -0.2) is 23.3 Å². The van der Waals surface area contributed by atoms with E-state index in [1.165, 1.54) is 0 Å². The summed E-state index contributed by atoms with van der Waals surface area (Å²) in [7, 11) is 0. The van der Waals surface area contributed by atoms with Crippen molar-refractivity contribution in [2.24, 2.45) is 11.8 Å². The number of rotatable bonds is 1. The maximum Gasteiger partial charge on any atom is 0.281 e. The van der Waals surface area contributed by atoms with Crippen molar-refractivity contribution in [1.29, 1.82) is 0 Å². The van der Waals surface area contributed by atoms with Gasteiger partial charge in [-0.2, -0.15) is 0 Å². The molecule has 3 atom stereocenters. The fraction of sp³-hybridized carbons (Fsp3) is 1.00. The highest BCUT2D eigenvalue weighted by molar-refractivity contribution is 5.12. The standard InChI is InChI=1S/C8H11F3O/c9-4-7(12)5-1-2-6(3-5)8(7,10)11/h5-6,12H,1-4H2. The van der Waals surface area contributed by atoms with Crippen molar-refractivity contribution in [3.05, 3.63) is 0 Å². The van der Waals surface area contributed by atoms with Crippen LogP contribution in [0, 0.1) is 11.8 Å². The summed E-state index contributed by atoms with van der Waals surface area (Å²) >= 11 is 0. The average Bonchev–Trinajstić information content (AvgIpc) is 2.55. The van der Waals surface area contributed by atoms with Crippen molar-refractivity contribution in [3.8, 4) is 0 Å². The largest absolute Gasteiger partial charge is 0.381 e. The number of alkyl halides is 3. The summed E-state index contributed by atoms with van der Waals surface area (Å²) in [6.07, 6.45) is 1.26. The van der Waals surface area contributed by atoms with E-state index in [0.717, 1.165) is 0 Å². The first-order valence-electron chi connectivity index (χ1n) is 4.18. The van der Waals surface area contributed by atoms with Gasteiger partial charge in [-0.25, -0.2) is 13.2 Å². The zero-order chi connectivity index (χ0) is 8.98. The molecule has 1 N–H and O–H groups in total. The van der Waals surface area contributed by atoms with E-state index in [1.807, 2.05) is 0 Å². The molecule has 0 saturated heterocycles. The highest BCUT2D eigenvalue weighted by Gasteiger charge is 2.69. The molecule has 4 heteroatoms. The highest BCUT2D eigenvalue weighted by Crippen LogP contribution is 2.59. The molecule has 0 spiro atoms. The molecule has 0 amide bonds. The second-order valence-corrected chi connectivity index (χ2v) is 3.89. The Bertz CT molecular complexity index is 206. The number of hydrogen-bond acceptors (Lipinski definition) is 1. The molecule has 70 valence electrons. The molecule has 0 radical (unpaired) electrons. The maximum absolute atomic E-state index is 13.2. The molecule has 2 aliphatic carbocycles. The van der Waals surface area contributed by atoms with Crippen molar-refractivity contribution in [3.63, 3.8) is 0 Å². The smallest absolute Gasteiger partial charge is 0.281 e. The molecule has 2 bridgehead atoms. The Balaban J connectivity index is 2.34. The summed E-state index contributed by atoms with van der Waals surface area (Å²) < 4.78 is 38.7. The molecule has 0 aliphatic heterocycles. The van der Waals surface area contributed by atoms with Crippen molar-refractivity contribution in [2.75, 3.05) is 6.67 Å². The van der Waals surface area contributed by atoms with Gasteiger partial charge in [0, 0.05) is 5.92 Å². The quantitative estimate of drug-likeness (QED) is 0.651. The first-order chi connectivity index (χ1) is 5.52. The van der Waals surface area contributed by atoms with E-state index < -0.39 is 30.0 Å². The van der Waals surface area contributed by atoms with Gasteiger partial charge < -0.3 is 5.11 Å². The fourth-order valence-electron chi connectivity index (χ4n) is 2.57. The van der Waals surface area contributed by atoms with Gasteiger partial charge in [0.15, 0.2) is 5.60 Å². The highest BCUT2D eigenvalue weighted by atomic mass is 19.3. The molecule has 1 nitrogen and oxygen atoms in total. The number of hydrogen-bond donors (Lipinski definition) is 1. The summed E-state index contributed by atoms with van der Waals surface area (Å²) in [5.41, 5.74) is -2.35. The van der Waals surface area contributed by atoms with E-state index in [-0.39, 0.29) is 6.42 Å². The van der Waals surface area contributed by atoms with Crippen LogP contribution < -0.4 is 0 Å². The predicted molar refractivity (Wildman–Crippen MR) is 36.7 cm³/mol. The third-order valence-corrected chi connectivity index (χ3v) is 3.40. The predicted octanol–water partition coefficient (Wildman–Crippen LogP) is 1.75. The summed E-state index contributed by atoms with van der Waals surface area (Å²) in [4.78, 5) is 0. The summed E-state index contributed by atoms with van der Waals surface area (Å²) in [6.45, 7) is -1.32. The normalized spacial score (nSPS) is 50.0. The molecule has 3 unspecified atom stereocenters. The Morgan fingerprint density at radius 1 is 1.25 bits per heavy atom. The van der Waals surface area contributed by atoms with Gasteiger partial charge in [-0.15, -0.1) is 0 Å². The van der Waals surface area contributed by atoms with Crippen molar-refractivity contribution < 1.29 is 18.3 Å². The number of halogens is 3. The van der Waals surface area contributed by atoms with E-state index >= 15 is 0 Å². The summed E-state index contributed by atoms with van der Waals surface area (Å²) in [5.74, 6) is -4.52. The molecule has 0 heterocycles. The third-order valence-electron chi connectivity index (χ3n) is 3.40. The minimum atomic E-state index is -3.20. The zero-order valence-corrected chi connectivity index (χ0v) is 6.56. The molecule has 0 aromatic heterocycles. The summed E-state index contributed by atoms with van der Waals surface area (Å²) in [5, 5.41) is 9.39. The van der Waals surface area contributed by atoms with Gasteiger partial charge in [-0.05, 0) is 25.2 Å². The van der Waals surface area contributed by atoms with E-state index in [0.29, 0.717) is 12.8 Å². The monoisotopic (exact) mass is 180 g/mol. The molecule has 2 saturated carbocycles. The van der Waals surface area contributed by atoms with Gasteiger partial charge >= 0.3 is 0 Å². The van der Waals surface area contributed by atoms with Gasteiger partial charge in [0.2, 0.25) is 0 Å². The van der Waals surface area contributed by atoms with Gasteiger partial charge in [0.1, 0.15) is 6.67 Å². The van der Waals surface area contributed by atoms with Crippen LogP contribution in [0.1, 0.15) is 19.3 Å². The Hall–Kier alpha value is -0.250. The van der Waals surface area contributed by atoms with Gasteiger partial charge in [-0.1, -0.05) is 0 Å². The van der Waals surface area contributed by atoms with Gasteiger partial charge in [0.05, 0.1) is 0 Å². The molecular weight excluding hydrogens is 169 g/mol. The van der Waals surface area contributed by atoms with Crippen LogP contribution >= 0.6 is 0 Å². The first-order valence-corrected chi connectivity index (χ1v) is 4.18. The lowest BCUT2D eigenvalue weighted by atomic mass is 9.82. The topological polar surface area (TPSA) is 20.2 Å². The van der Waals surface area contributed by atoms with Crippen molar-refractivity contribution in [1.82, 2.24) is 0 Å². The van der Waals surface area contributed by atoms with Crippen LogP contribution in [0.25, 0.3) is 0 Å². The lowest BCUT2D eigenvalue weighted by Crippen LogP contribution is -2.54. The number of aliphatic hydroxyl groups is 1. The molecular formula is C8H11F3O. The molecule has 2 rings (SSSR count). The second-order valence-electron chi connectivity index (χ2n) is 3.89. The van der Waals surface area contributed by atoms with Gasteiger partial charge in [0.25, 0.3) is 5.92 Å². The van der Waals surface area contributed by atoms with Gasteiger partial charge in [-0.3, -0.25) is 0 Å². The average molecular weight is 180 g/mol. The van der Waals surface area contributed by atoms with E-state index in [4.69, 9.17) is 0 Å². The van der Waals surface area contributed by atoms with E-state index in [1.54, 1.807) is 0 Å². The molecule has 12 heavy (non-hydrogen) atoms. The minimum absolute atomic E-state index is 0.285. The molecule has 0 aromatic carbocycles. The third kappa shape index (κ3) is 0.696. The summed E-state index contributed by atoms with van der Waals surface area (Å²) in [6, 6.07) is 0. The maximum atomic E-state index is 13.2. The lowest BCUT2D eigenvalue weighted by molar-refractivity contribution is -0.215. The van der Waals surface area contributed by atoms with E-state index in [2.05, 4.69) is 0 Å². The minimum Gasteiger partial charge on any atom is -0.381 e. The first kappa shape index (κ1) is 8.35. The molecule has 2 aliphatic rings. The van der Waals surface area contributed by atoms with Crippen molar-refractivity contribution >= 4 is 0 Å². The fourth-order valence-corrected chi connectivity index (χ4v) is 2.57. The van der Waals surface area contributed by atoms with Crippen LogP contribution in [0.15, 0.2) is 0 Å². The van der Waals surface area contributed by atoms with Crippen molar-refractivity contribution in [2.45, 2.75) is 30.8 Å². The Morgan fingerprint density at radius 3 is 2.17 bits per heavy atom. The Labute approximate surface area is 68.6 Å². The van der Waals surface area contributed by atoms with Crippen LogP contribution in [-0.2, 0) is 0 Å². The van der Waals surface area contributed by atoms with Crippen LogP contribution in [0.2, 0.25) is 0 Å². The van der Waals surface area contributed by atoms with Crippen LogP contribution in [0.5, 0.6) is 0 Å². The lowest BCUT2D eigenvalue weighted by Gasteiger charge is -2.36. The van der Waals surface area contributed by atoms with E-state index in [9.17, 15) is 18.3 Å². The zero-order valence-electron chi connectivity index (χ0n) is 6.56. The Kier molecular flexibility index (Phi) is 1.50. The second kappa shape index (κ2) is 2.16. The van der Waals surface area contributed by atoms with Crippen LogP contribution in [0.3, 0.4) is 0 Å². The molecule has 0 aromatic rings. The molecule has 2 fully saturated rings. The van der Waals surface area contributed by atoms with Crippen LogP contribution in [0.4, 0.5) is 13.2 Å².